The van der Waals surface area contributed by atoms with Gasteiger partial charge in [0.2, 0.25) is 0 Å². The molecule has 0 spiro atoms. The maximum atomic E-state index is 11.3. The van der Waals surface area contributed by atoms with Crippen LogP contribution in [0.3, 0.4) is 0 Å². The van der Waals surface area contributed by atoms with Crippen LogP contribution in [0.1, 0.15) is 33.1 Å². The van der Waals surface area contributed by atoms with Gasteiger partial charge in [0.25, 0.3) is 0 Å². The molecular weight excluding hydrogens is 234 g/mol. The molecule has 0 aliphatic carbocycles. The summed E-state index contributed by atoms with van der Waals surface area (Å²) >= 11 is 5.93. The van der Waals surface area contributed by atoms with E-state index in [4.69, 9.17) is 11.6 Å². The number of nitrogens with one attached hydrogen (secondary N) is 1. The molecule has 1 N–H and O–H groups in total. The topological polar surface area (TPSA) is 46.2 Å². The molecule has 0 aromatic carbocycles. The lowest BCUT2D eigenvalue weighted by atomic mass is 10.2. The lowest BCUT2D eigenvalue weighted by Crippen LogP contribution is -2.26. The zero-order valence-electron chi connectivity index (χ0n) is 9.63. The van der Waals surface area contributed by atoms with Crippen molar-refractivity contribution < 1.29 is 8.42 Å². The van der Waals surface area contributed by atoms with Gasteiger partial charge < -0.3 is 5.32 Å². The smallest absolute Gasteiger partial charge is 0.151 e. The van der Waals surface area contributed by atoms with Gasteiger partial charge in [-0.2, -0.15) is 0 Å². The summed E-state index contributed by atoms with van der Waals surface area (Å²) in [5, 5.41) is 3.30. The van der Waals surface area contributed by atoms with E-state index in [1.54, 1.807) is 0 Å². The highest BCUT2D eigenvalue weighted by atomic mass is 35.5. The molecule has 0 amide bonds. The maximum Gasteiger partial charge on any atom is 0.151 e. The number of alkyl halides is 1. The lowest BCUT2D eigenvalue weighted by molar-refractivity contribution is 0.586. The van der Waals surface area contributed by atoms with Crippen molar-refractivity contribution in [3.8, 4) is 0 Å². The normalized spacial score (nSPS) is 14.1. The predicted octanol–water partition coefficient (Wildman–Crippen LogP) is 1.81. The van der Waals surface area contributed by atoms with Gasteiger partial charge in [0, 0.05) is 17.7 Å². The average Bonchev–Trinajstić information content (AvgIpc) is 2.16. The van der Waals surface area contributed by atoms with E-state index >= 15 is 0 Å². The van der Waals surface area contributed by atoms with Gasteiger partial charge in [-0.05, 0) is 25.8 Å². The van der Waals surface area contributed by atoms with E-state index in [1.807, 2.05) is 13.8 Å². The van der Waals surface area contributed by atoms with E-state index < -0.39 is 9.84 Å². The summed E-state index contributed by atoms with van der Waals surface area (Å²) in [6.07, 6.45) is 2.55. The Morgan fingerprint density at radius 1 is 1.20 bits per heavy atom. The standard InChI is InChI=1S/C10H22ClNO2S/c1-3-8-15(13,14)9-7-12-6-5-10(11)4-2/h10,12H,3-9H2,1-2H3. The predicted molar refractivity (Wildman–Crippen MR) is 66.4 cm³/mol. The van der Waals surface area contributed by atoms with Crippen LogP contribution < -0.4 is 5.32 Å². The van der Waals surface area contributed by atoms with Gasteiger partial charge in [-0.1, -0.05) is 13.8 Å². The first kappa shape index (κ1) is 15.2. The minimum atomic E-state index is -2.83. The third-order valence-corrected chi connectivity index (χ3v) is 4.57. The van der Waals surface area contributed by atoms with Gasteiger partial charge in [-0.25, -0.2) is 8.42 Å². The number of hydrogen-bond donors (Lipinski definition) is 1. The Balaban J connectivity index is 3.46. The molecule has 3 nitrogen and oxygen atoms in total. The first-order valence-corrected chi connectivity index (χ1v) is 7.82. The van der Waals surface area contributed by atoms with E-state index in [9.17, 15) is 8.42 Å². The highest BCUT2D eigenvalue weighted by Crippen LogP contribution is 2.04. The van der Waals surface area contributed by atoms with Crippen molar-refractivity contribution in [2.75, 3.05) is 24.6 Å². The van der Waals surface area contributed by atoms with E-state index in [-0.39, 0.29) is 11.1 Å². The molecule has 0 saturated heterocycles. The quantitative estimate of drug-likeness (QED) is 0.505. The Kier molecular flexibility index (Phi) is 8.47. The molecule has 0 saturated carbocycles. The fraction of sp³-hybridized carbons (Fsp3) is 1.00. The molecule has 15 heavy (non-hydrogen) atoms. The molecule has 92 valence electrons. The lowest BCUT2D eigenvalue weighted by Gasteiger charge is -2.07. The van der Waals surface area contributed by atoms with E-state index in [0.29, 0.717) is 18.7 Å². The highest BCUT2D eigenvalue weighted by molar-refractivity contribution is 7.91. The van der Waals surface area contributed by atoms with Crippen LogP contribution in [0.5, 0.6) is 0 Å². The van der Waals surface area contributed by atoms with Crippen LogP contribution in [0.4, 0.5) is 0 Å². The summed E-state index contributed by atoms with van der Waals surface area (Å²) in [4.78, 5) is 0. The fourth-order valence-electron chi connectivity index (χ4n) is 1.23. The average molecular weight is 256 g/mol. The molecule has 0 aromatic heterocycles. The van der Waals surface area contributed by atoms with Gasteiger partial charge >= 0.3 is 0 Å². The molecule has 0 fully saturated rings. The van der Waals surface area contributed by atoms with Gasteiger partial charge in [0.15, 0.2) is 9.84 Å². The van der Waals surface area contributed by atoms with Crippen LogP contribution in [-0.2, 0) is 9.84 Å². The first-order valence-electron chi connectivity index (χ1n) is 5.57. The van der Waals surface area contributed by atoms with Crippen molar-refractivity contribution >= 4 is 21.4 Å². The molecule has 0 aromatic rings. The number of rotatable bonds is 9. The second-order valence-corrected chi connectivity index (χ2v) is 6.62. The minimum Gasteiger partial charge on any atom is -0.316 e. The SMILES string of the molecule is CCCS(=O)(=O)CCNCCC(Cl)CC. The monoisotopic (exact) mass is 255 g/mol. The summed E-state index contributed by atoms with van der Waals surface area (Å²) < 4.78 is 22.6. The molecule has 0 radical (unpaired) electrons. The van der Waals surface area contributed by atoms with Crippen molar-refractivity contribution in [1.82, 2.24) is 5.32 Å². The Morgan fingerprint density at radius 2 is 1.87 bits per heavy atom. The van der Waals surface area contributed by atoms with E-state index in [1.165, 1.54) is 0 Å². The molecular formula is C10H22ClNO2S. The van der Waals surface area contributed by atoms with Crippen LogP contribution in [0.25, 0.3) is 0 Å². The molecule has 1 unspecified atom stereocenters. The maximum absolute atomic E-state index is 11.3. The second kappa shape index (κ2) is 8.36. The fourth-order valence-corrected chi connectivity index (χ4v) is 2.62. The number of sulfone groups is 1. The van der Waals surface area contributed by atoms with Crippen LogP contribution in [0.15, 0.2) is 0 Å². The zero-order valence-corrected chi connectivity index (χ0v) is 11.2. The molecule has 0 heterocycles. The van der Waals surface area contributed by atoms with Gasteiger partial charge in [0.1, 0.15) is 0 Å². The summed E-state index contributed by atoms with van der Waals surface area (Å²) in [7, 11) is -2.83. The number of hydrogen-bond acceptors (Lipinski definition) is 3. The third-order valence-electron chi connectivity index (χ3n) is 2.18. The van der Waals surface area contributed by atoms with Crippen molar-refractivity contribution in [2.45, 2.75) is 38.5 Å². The summed E-state index contributed by atoms with van der Waals surface area (Å²) in [5.74, 6) is 0.529. The molecule has 5 heteroatoms. The van der Waals surface area contributed by atoms with Crippen molar-refractivity contribution in [2.24, 2.45) is 0 Å². The minimum absolute atomic E-state index is 0.199. The van der Waals surface area contributed by atoms with Gasteiger partial charge in [-0.3, -0.25) is 0 Å². The highest BCUT2D eigenvalue weighted by Gasteiger charge is 2.08. The second-order valence-electron chi connectivity index (χ2n) is 3.70. The summed E-state index contributed by atoms with van der Waals surface area (Å²) in [6.45, 7) is 5.26. The van der Waals surface area contributed by atoms with Crippen molar-refractivity contribution in [1.29, 1.82) is 0 Å². The Morgan fingerprint density at radius 3 is 2.40 bits per heavy atom. The van der Waals surface area contributed by atoms with Gasteiger partial charge in [-0.15, -0.1) is 11.6 Å². The largest absolute Gasteiger partial charge is 0.316 e. The molecule has 0 bridgehead atoms. The number of halogens is 1. The third kappa shape index (κ3) is 9.15. The first-order chi connectivity index (χ1) is 7.02. The van der Waals surface area contributed by atoms with Crippen LogP contribution in [0.2, 0.25) is 0 Å². The zero-order chi connectivity index (χ0) is 11.7. The molecule has 1 atom stereocenters. The summed E-state index contributed by atoms with van der Waals surface area (Å²) in [5.41, 5.74) is 0. The Bertz CT molecular complexity index is 242. The van der Waals surface area contributed by atoms with E-state index in [0.717, 1.165) is 19.4 Å². The van der Waals surface area contributed by atoms with E-state index in [2.05, 4.69) is 5.32 Å². The molecule has 0 aliphatic heterocycles. The Hall–Kier alpha value is 0.200. The Labute approximate surface area is 98.5 Å². The van der Waals surface area contributed by atoms with Crippen molar-refractivity contribution in [3.63, 3.8) is 0 Å². The van der Waals surface area contributed by atoms with Crippen molar-refractivity contribution in [3.05, 3.63) is 0 Å². The molecule has 0 rings (SSSR count). The van der Waals surface area contributed by atoms with Gasteiger partial charge in [0.05, 0.1) is 5.75 Å². The summed E-state index contributed by atoms with van der Waals surface area (Å²) in [6, 6.07) is 0. The van der Waals surface area contributed by atoms with Crippen LogP contribution in [0, 0.1) is 0 Å². The molecule has 0 aliphatic rings. The van der Waals surface area contributed by atoms with Crippen LogP contribution in [-0.4, -0.2) is 38.4 Å². The van der Waals surface area contributed by atoms with Crippen LogP contribution >= 0.6 is 11.6 Å².